The molecule has 0 aliphatic heterocycles. The molecule has 0 saturated carbocycles. The van der Waals surface area contributed by atoms with E-state index in [9.17, 15) is 9.59 Å². The second kappa shape index (κ2) is 49.4. The van der Waals surface area contributed by atoms with Crippen molar-refractivity contribution in [1.82, 2.24) is 0 Å². The number of carbonyl (C=O) groups is 2. The fraction of sp³-hybridized carbons (Fsp3) is 0.509. The fourth-order valence-corrected chi connectivity index (χ4v) is 5.33. The van der Waals surface area contributed by atoms with Crippen LogP contribution in [0.2, 0.25) is 0 Å². The highest BCUT2D eigenvalue weighted by Gasteiger charge is 2.13. The quantitative estimate of drug-likeness (QED) is 0.0413. The van der Waals surface area contributed by atoms with E-state index in [-0.39, 0.29) is 18.0 Å². The van der Waals surface area contributed by atoms with Crippen molar-refractivity contribution in [3.8, 4) is 95.2 Å². The van der Waals surface area contributed by atoms with Gasteiger partial charge in [0, 0.05) is 12.2 Å². The van der Waals surface area contributed by atoms with Crippen molar-refractivity contribution in [2.45, 2.75) is 169 Å². The van der Waals surface area contributed by atoms with E-state index in [2.05, 4.69) is 109 Å². The summed E-state index contributed by atoms with van der Waals surface area (Å²) in [5.74, 6) is 36.8. The van der Waals surface area contributed by atoms with E-state index in [1.807, 2.05) is 37.3 Å². The van der Waals surface area contributed by atoms with Crippen molar-refractivity contribution >= 4 is 18.0 Å². The van der Waals surface area contributed by atoms with E-state index >= 15 is 0 Å². The zero-order valence-corrected chi connectivity index (χ0v) is 38.5. The minimum absolute atomic E-state index is 0.183. The van der Waals surface area contributed by atoms with Crippen LogP contribution in [0, 0.1) is 101 Å². The summed E-state index contributed by atoms with van der Waals surface area (Å²) < 4.78 is 10.2. The maximum atomic E-state index is 11.9. The maximum absolute atomic E-state index is 11.9. The van der Waals surface area contributed by atoms with Crippen LogP contribution in [0.5, 0.6) is 0 Å². The van der Waals surface area contributed by atoms with Crippen LogP contribution in [-0.2, 0) is 19.1 Å². The van der Waals surface area contributed by atoms with Gasteiger partial charge in [0.2, 0.25) is 0 Å². The van der Waals surface area contributed by atoms with E-state index in [1.54, 1.807) is 13.0 Å². The van der Waals surface area contributed by atoms with Crippen molar-refractivity contribution in [2.75, 3.05) is 13.2 Å². The van der Waals surface area contributed by atoms with Gasteiger partial charge in [-0.05, 0) is 128 Å². The molecule has 0 radical (unpaired) electrons. The number of benzene rings is 1. The predicted octanol–water partition coefficient (Wildman–Crippen LogP) is 11.8. The number of rotatable bonds is 27. The highest BCUT2D eigenvalue weighted by molar-refractivity contribution is 5.87. The van der Waals surface area contributed by atoms with Crippen LogP contribution in [0.1, 0.15) is 168 Å². The molecule has 0 fully saturated rings. The smallest absolute Gasteiger partial charge is 0.331 e. The lowest BCUT2D eigenvalue weighted by molar-refractivity contribution is -0.143. The molecule has 5 heteroatoms. The fourth-order valence-electron chi connectivity index (χ4n) is 5.33. The Bertz CT molecular complexity index is 1840. The lowest BCUT2D eigenvalue weighted by Gasteiger charge is -2.14. The molecule has 5 nitrogen and oxygen atoms in total. The Balaban J connectivity index is 0. The molecule has 0 amide bonds. The Labute approximate surface area is 379 Å². The molecule has 0 aliphatic carbocycles. The minimum Gasteiger partial charge on any atom is -0.463 e. The Morgan fingerprint density at radius 1 is 0.597 bits per heavy atom. The average Bonchev–Trinajstić information content (AvgIpc) is 3.28. The molecule has 2 unspecified atom stereocenters. The first kappa shape index (κ1) is 58.2. The number of hydrogen-bond acceptors (Lipinski definition) is 5. The Morgan fingerprint density at radius 3 is 1.42 bits per heavy atom. The summed E-state index contributed by atoms with van der Waals surface area (Å²) in [7, 11) is 0. The van der Waals surface area contributed by atoms with Gasteiger partial charge in [0.25, 0.3) is 0 Å². The Morgan fingerprint density at radius 2 is 1.00 bits per heavy atom. The van der Waals surface area contributed by atoms with Crippen LogP contribution in [0.15, 0.2) is 49.1 Å². The summed E-state index contributed by atoms with van der Waals surface area (Å²) >= 11 is 0. The molecule has 0 spiro atoms. The summed E-state index contributed by atoms with van der Waals surface area (Å²) in [6.45, 7) is 12.9. The van der Waals surface area contributed by atoms with Gasteiger partial charge in [0.05, 0.1) is 12.5 Å². The monoisotopic (exact) mass is 836 g/mol. The number of carbonyl (C=O) groups excluding carboxylic acids is 2. The summed E-state index contributed by atoms with van der Waals surface area (Å²) in [6, 6.07) is 9.50. The molecule has 2 atom stereocenters. The third kappa shape index (κ3) is 46.8. The van der Waals surface area contributed by atoms with Gasteiger partial charge in [-0.25, -0.2) is 9.59 Å². The molecule has 0 heterocycles. The van der Waals surface area contributed by atoms with Gasteiger partial charge in [-0.1, -0.05) is 179 Å². The van der Waals surface area contributed by atoms with Crippen LogP contribution >= 0.6 is 0 Å². The highest BCUT2D eigenvalue weighted by Crippen LogP contribution is 2.12. The van der Waals surface area contributed by atoms with Gasteiger partial charge in [-0.2, -0.15) is 0 Å². The summed E-state index contributed by atoms with van der Waals surface area (Å²) in [5, 5.41) is 0. The molecular formula is C57H73NO4. The summed E-state index contributed by atoms with van der Waals surface area (Å²) in [4.78, 5) is 22.6. The Kier molecular flexibility index (Phi) is 46.4. The lowest BCUT2D eigenvalue weighted by Crippen LogP contribution is -2.19. The number of ether oxygens (including phenoxy) is 2. The zero-order chi connectivity index (χ0) is 45.8. The first-order chi connectivity index (χ1) is 30.4. The second-order valence-electron chi connectivity index (χ2n) is 14.5. The standard InChI is InChI=1S/C29H16O2.C15H28O2.C13H29N/c1-4-5-6-7-8-9-10-11-12-13-14-15-16-18-21-26(2)27(3)31-29(30)25-24-28-22-19-17-20-23-28;1-3-5-6-7-8-9-10-11-12-13-14-17-15(16)4-2;1-2-3-4-5-6-7-8-9-10-11-12-13-14/h1,17,19-20,22-27H,2-3H3;4H,2-3,5-14H2,1H3;2-14H2,1H3/b25-24-;;. The van der Waals surface area contributed by atoms with Crippen LogP contribution in [0.25, 0.3) is 6.08 Å². The van der Waals surface area contributed by atoms with Gasteiger partial charge < -0.3 is 15.2 Å². The maximum Gasteiger partial charge on any atom is 0.331 e. The topological polar surface area (TPSA) is 78.6 Å². The molecule has 1 aromatic rings. The van der Waals surface area contributed by atoms with Gasteiger partial charge in [-0.15, -0.1) is 6.42 Å². The molecular weight excluding hydrogens is 763 g/mol. The second-order valence-corrected chi connectivity index (χ2v) is 14.5. The van der Waals surface area contributed by atoms with Crippen LogP contribution < -0.4 is 5.73 Å². The molecule has 62 heavy (non-hydrogen) atoms. The van der Waals surface area contributed by atoms with E-state index < -0.39 is 5.97 Å². The molecule has 330 valence electrons. The van der Waals surface area contributed by atoms with Gasteiger partial charge in [0.15, 0.2) is 0 Å². The number of esters is 2. The van der Waals surface area contributed by atoms with Gasteiger partial charge in [-0.3, -0.25) is 0 Å². The SMILES string of the molecule is C#CC#CC#CC#CC#CC#CC#CC#CC(C)C(C)OC(=O)/C=C\c1ccccc1.C=CC(=O)OCCCCCCCCCCCC.CCCCCCCCCCCCCN. The van der Waals surface area contributed by atoms with Crippen molar-refractivity contribution in [3.05, 3.63) is 54.6 Å². The molecule has 1 aromatic carbocycles. The van der Waals surface area contributed by atoms with Crippen LogP contribution in [0.4, 0.5) is 0 Å². The number of nitrogens with two attached hydrogens (primary N) is 1. The first-order valence-electron chi connectivity index (χ1n) is 22.7. The lowest BCUT2D eigenvalue weighted by atomic mass is 10.1. The molecule has 1 rings (SSSR count). The molecule has 2 N–H and O–H groups in total. The molecule has 0 aliphatic rings. The minimum atomic E-state index is -0.421. The largest absolute Gasteiger partial charge is 0.463 e. The summed E-state index contributed by atoms with van der Waals surface area (Å²) in [5.41, 5.74) is 6.36. The first-order valence-corrected chi connectivity index (χ1v) is 22.7. The number of unbranched alkanes of at least 4 members (excludes halogenated alkanes) is 19. The van der Waals surface area contributed by atoms with E-state index in [0.717, 1.165) is 18.5 Å². The normalized spacial score (nSPS) is 9.94. The third-order valence-corrected chi connectivity index (χ3v) is 9.06. The van der Waals surface area contributed by atoms with Gasteiger partial charge >= 0.3 is 11.9 Å². The number of hydrogen-bond donors (Lipinski definition) is 1. The predicted molar refractivity (Wildman–Crippen MR) is 262 cm³/mol. The highest BCUT2D eigenvalue weighted by atomic mass is 16.5. The molecule has 0 saturated heterocycles. The average molecular weight is 836 g/mol. The van der Waals surface area contributed by atoms with E-state index in [1.165, 1.54) is 141 Å². The van der Waals surface area contributed by atoms with E-state index in [4.69, 9.17) is 21.6 Å². The number of terminal acetylenes is 1. The van der Waals surface area contributed by atoms with Crippen molar-refractivity contribution in [2.24, 2.45) is 11.7 Å². The van der Waals surface area contributed by atoms with Crippen molar-refractivity contribution < 1.29 is 19.1 Å². The van der Waals surface area contributed by atoms with E-state index in [0.29, 0.717) is 6.61 Å². The van der Waals surface area contributed by atoms with Crippen molar-refractivity contribution in [1.29, 1.82) is 0 Å². The molecule has 0 aromatic heterocycles. The third-order valence-electron chi connectivity index (χ3n) is 9.06. The van der Waals surface area contributed by atoms with Crippen LogP contribution in [-0.4, -0.2) is 31.2 Å². The van der Waals surface area contributed by atoms with Crippen LogP contribution in [0.3, 0.4) is 0 Å². The van der Waals surface area contributed by atoms with Gasteiger partial charge in [0.1, 0.15) is 6.10 Å². The molecule has 0 bridgehead atoms. The zero-order valence-electron chi connectivity index (χ0n) is 38.5. The van der Waals surface area contributed by atoms with Crippen molar-refractivity contribution in [3.63, 3.8) is 0 Å². The Hall–Kier alpha value is -5.92. The summed E-state index contributed by atoms with van der Waals surface area (Å²) in [6.07, 6.45) is 37.3.